The standard InChI is InChI=1S/C13H21N3OS/c1-9-14-12(8-13(15-9)17-2)16-10-6-4-5-7-11(10)18-3/h8,10-11H,4-7H2,1-3H3,(H,14,15,16). The SMILES string of the molecule is COc1cc(NC2CCCCC2SC)nc(C)n1. The average molecular weight is 267 g/mol. The van der Waals surface area contributed by atoms with Gasteiger partial charge in [-0.15, -0.1) is 0 Å². The summed E-state index contributed by atoms with van der Waals surface area (Å²) in [6, 6.07) is 2.38. The molecule has 1 saturated carbocycles. The number of anilines is 1. The van der Waals surface area contributed by atoms with E-state index < -0.39 is 0 Å². The predicted molar refractivity (Wildman–Crippen MR) is 76.5 cm³/mol. The summed E-state index contributed by atoms with van der Waals surface area (Å²) in [5.41, 5.74) is 0. The van der Waals surface area contributed by atoms with Crippen molar-refractivity contribution in [2.24, 2.45) is 0 Å². The van der Waals surface area contributed by atoms with E-state index in [-0.39, 0.29) is 0 Å². The van der Waals surface area contributed by atoms with Crippen molar-refractivity contribution < 1.29 is 4.74 Å². The molecule has 1 aromatic rings. The van der Waals surface area contributed by atoms with Crippen molar-refractivity contribution >= 4 is 17.6 Å². The summed E-state index contributed by atoms with van der Waals surface area (Å²) in [6.45, 7) is 1.89. The van der Waals surface area contributed by atoms with Crippen LogP contribution in [0.15, 0.2) is 6.07 Å². The first-order valence-corrected chi connectivity index (χ1v) is 7.70. The lowest BCUT2D eigenvalue weighted by atomic mass is 9.95. The van der Waals surface area contributed by atoms with Gasteiger partial charge in [-0.25, -0.2) is 4.98 Å². The number of methoxy groups -OCH3 is 1. The molecule has 0 saturated heterocycles. The minimum atomic E-state index is 0.507. The van der Waals surface area contributed by atoms with Gasteiger partial charge in [0, 0.05) is 17.4 Å². The van der Waals surface area contributed by atoms with Gasteiger partial charge in [-0.1, -0.05) is 12.8 Å². The minimum Gasteiger partial charge on any atom is -0.481 e. The zero-order valence-corrected chi connectivity index (χ0v) is 12.1. The average Bonchev–Trinajstić information content (AvgIpc) is 2.38. The maximum atomic E-state index is 5.18. The quantitative estimate of drug-likeness (QED) is 0.909. The normalized spacial score (nSPS) is 23.7. The topological polar surface area (TPSA) is 47.0 Å². The van der Waals surface area contributed by atoms with Gasteiger partial charge in [0.2, 0.25) is 5.88 Å². The number of thioether (sulfide) groups is 1. The molecule has 1 fully saturated rings. The second-order valence-electron chi connectivity index (χ2n) is 4.65. The Labute approximate surface area is 113 Å². The summed E-state index contributed by atoms with van der Waals surface area (Å²) in [6.07, 6.45) is 7.35. The van der Waals surface area contributed by atoms with Crippen LogP contribution in [0.2, 0.25) is 0 Å². The molecule has 2 rings (SSSR count). The van der Waals surface area contributed by atoms with Gasteiger partial charge in [-0.3, -0.25) is 0 Å². The van der Waals surface area contributed by atoms with E-state index in [0.29, 0.717) is 17.2 Å². The summed E-state index contributed by atoms with van der Waals surface area (Å²) in [7, 11) is 1.64. The van der Waals surface area contributed by atoms with Gasteiger partial charge in [-0.2, -0.15) is 16.7 Å². The molecule has 0 amide bonds. The fourth-order valence-electron chi connectivity index (χ4n) is 2.45. The number of hydrogen-bond donors (Lipinski definition) is 1. The maximum Gasteiger partial charge on any atom is 0.218 e. The predicted octanol–water partition coefficient (Wildman–Crippen LogP) is 2.88. The van der Waals surface area contributed by atoms with Crippen molar-refractivity contribution in [3.8, 4) is 5.88 Å². The number of ether oxygens (including phenoxy) is 1. The third-order valence-corrected chi connectivity index (χ3v) is 4.53. The van der Waals surface area contributed by atoms with Gasteiger partial charge in [0.25, 0.3) is 0 Å². The zero-order chi connectivity index (χ0) is 13.0. The molecule has 0 bridgehead atoms. The molecule has 0 aliphatic heterocycles. The molecular weight excluding hydrogens is 246 g/mol. The van der Waals surface area contributed by atoms with Crippen LogP contribution in [0.5, 0.6) is 5.88 Å². The molecule has 1 aromatic heterocycles. The molecule has 1 heterocycles. The number of nitrogens with one attached hydrogen (secondary N) is 1. The molecule has 0 spiro atoms. The fraction of sp³-hybridized carbons (Fsp3) is 0.692. The highest BCUT2D eigenvalue weighted by Gasteiger charge is 2.24. The van der Waals surface area contributed by atoms with Crippen LogP contribution in [0.1, 0.15) is 31.5 Å². The molecule has 2 unspecified atom stereocenters. The Kier molecular flexibility index (Phi) is 4.69. The Morgan fingerprint density at radius 1 is 1.33 bits per heavy atom. The highest BCUT2D eigenvalue weighted by molar-refractivity contribution is 7.99. The van der Waals surface area contributed by atoms with E-state index in [1.54, 1.807) is 7.11 Å². The van der Waals surface area contributed by atoms with Crippen LogP contribution < -0.4 is 10.1 Å². The second-order valence-corrected chi connectivity index (χ2v) is 5.73. The Balaban J connectivity index is 2.09. The highest BCUT2D eigenvalue weighted by atomic mass is 32.2. The lowest BCUT2D eigenvalue weighted by molar-refractivity contribution is 0.395. The lowest BCUT2D eigenvalue weighted by Crippen LogP contribution is -2.34. The zero-order valence-electron chi connectivity index (χ0n) is 11.3. The van der Waals surface area contributed by atoms with E-state index in [1.807, 2.05) is 24.8 Å². The van der Waals surface area contributed by atoms with E-state index in [2.05, 4.69) is 21.5 Å². The number of nitrogens with zero attached hydrogens (tertiary/aromatic N) is 2. The van der Waals surface area contributed by atoms with Gasteiger partial charge >= 0.3 is 0 Å². The fourth-order valence-corrected chi connectivity index (χ4v) is 3.39. The van der Waals surface area contributed by atoms with E-state index in [1.165, 1.54) is 25.7 Å². The summed E-state index contributed by atoms with van der Waals surface area (Å²) in [4.78, 5) is 8.64. The first-order valence-electron chi connectivity index (χ1n) is 6.42. The second kappa shape index (κ2) is 6.27. The van der Waals surface area contributed by atoms with Crippen molar-refractivity contribution in [3.63, 3.8) is 0 Å². The molecule has 0 aromatic carbocycles. The van der Waals surface area contributed by atoms with Gasteiger partial charge in [0.1, 0.15) is 11.6 Å². The minimum absolute atomic E-state index is 0.507. The van der Waals surface area contributed by atoms with Crippen LogP contribution in [-0.4, -0.2) is 34.6 Å². The molecule has 100 valence electrons. The van der Waals surface area contributed by atoms with Crippen molar-refractivity contribution in [1.29, 1.82) is 0 Å². The summed E-state index contributed by atoms with van der Waals surface area (Å²) in [5.74, 6) is 2.25. The number of rotatable bonds is 4. The molecule has 4 nitrogen and oxygen atoms in total. The third kappa shape index (κ3) is 3.28. The Bertz CT molecular complexity index is 400. The molecule has 2 atom stereocenters. The Hall–Kier alpha value is -0.970. The van der Waals surface area contributed by atoms with Crippen molar-refractivity contribution in [3.05, 3.63) is 11.9 Å². The summed E-state index contributed by atoms with van der Waals surface area (Å²) >= 11 is 1.95. The monoisotopic (exact) mass is 267 g/mol. The molecule has 5 heteroatoms. The van der Waals surface area contributed by atoms with Crippen LogP contribution in [-0.2, 0) is 0 Å². The van der Waals surface area contributed by atoms with Gasteiger partial charge in [-0.05, 0) is 26.0 Å². The molecule has 0 radical (unpaired) electrons. The molecular formula is C13H21N3OS. The van der Waals surface area contributed by atoms with E-state index in [4.69, 9.17) is 4.74 Å². The number of aromatic nitrogens is 2. The third-order valence-electron chi connectivity index (χ3n) is 3.36. The number of hydrogen-bond acceptors (Lipinski definition) is 5. The van der Waals surface area contributed by atoms with Crippen molar-refractivity contribution in [1.82, 2.24) is 9.97 Å². The highest BCUT2D eigenvalue weighted by Crippen LogP contribution is 2.29. The first kappa shape index (κ1) is 13.5. The first-order chi connectivity index (χ1) is 8.72. The molecule has 1 aliphatic rings. The van der Waals surface area contributed by atoms with E-state index >= 15 is 0 Å². The largest absolute Gasteiger partial charge is 0.481 e. The summed E-state index contributed by atoms with van der Waals surface area (Å²) in [5, 5.41) is 4.23. The maximum absolute atomic E-state index is 5.18. The van der Waals surface area contributed by atoms with Crippen molar-refractivity contribution in [2.75, 3.05) is 18.7 Å². The van der Waals surface area contributed by atoms with Gasteiger partial charge in [0.05, 0.1) is 7.11 Å². The molecule has 1 N–H and O–H groups in total. The molecule has 1 aliphatic carbocycles. The van der Waals surface area contributed by atoms with Crippen LogP contribution in [0.3, 0.4) is 0 Å². The van der Waals surface area contributed by atoms with Crippen molar-refractivity contribution in [2.45, 2.75) is 43.9 Å². The smallest absolute Gasteiger partial charge is 0.218 e. The van der Waals surface area contributed by atoms with Crippen LogP contribution in [0, 0.1) is 6.92 Å². The Morgan fingerprint density at radius 2 is 2.11 bits per heavy atom. The van der Waals surface area contributed by atoms with Gasteiger partial charge < -0.3 is 10.1 Å². The van der Waals surface area contributed by atoms with Gasteiger partial charge in [0.15, 0.2) is 0 Å². The number of aryl methyl sites for hydroxylation is 1. The molecule has 18 heavy (non-hydrogen) atoms. The van der Waals surface area contributed by atoms with Crippen LogP contribution in [0.4, 0.5) is 5.82 Å². The summed E-state index contributed by atoms with van der Waals surface area (Å²) < 4.78 is 5.18. The Morgan fingerprint density at radius 3 is 2.83 bits per heavy atom. The van der Waals surface area contributed by atoms with Crippen LogP contribution in [0.25, 0.3) is 0 Å². The van der Waals surface area contributed by atoms with Crippen LogP contribution >= 0.6 is 11.8 Å². The van der Waals surface area contributed by atoms with E-state index in [9.17, 15) is 0 Å². The van der Waals surface area contributed by atoms with E-state index in [0.717, 1.165) is 11.6 Å². The lowest BCUT2D eigenvalue weighted by Gasteiger charge is -2.31.